The molecular weight excluding hydrogens is 781 g/mol. The van der Waals surface area contributed by atoms with E-state index in [1.165, 1.54) is 54.9 Å². The average Bonchev–Trinajstić information content (AvgIpc) is 3.92. The summed E-state index contributed by atoms with van der Waals surface area (Å²) in [5, 5.41) is 6.74. The molecule has 13 rings (SSSR count). The Labute approximate surface area is 369 Å². The van der Waals surface area contributed by atoms with Gasteiger partial charge in [0.2, 0.25) is 0 Å². The van der Waals surface area contributed by atoms with Crippen molar-refractivity contribution < 1.29 is 4.42 Å². The molecule has 298 valence electrons. The highest BCUT2D eigenvalue weighted by Gasteiger charge is 2.34. The molecule has 0 radical (unpaired) electrons. The van der Waals surface area contributed by atoms with E-state index in [0.717, 1.165) is 55.3 Å². The van der Waals surface area contributed by atoms with Gasteiger partial charge in [0.15, 0.2) is 17.5 Å². The summed E-state index contributed by atoms with van der Waals surface area (Å²) in [5.41, 5.74) is 15.1. The van der Waals surface area contributed by atoms with Gasteiger partial charge in [0.1, 0.15) is 11.2 Å². The second kappa shape index (κ2) is 14.5. The Bertz CT molecular complexity index is 3800. The van der Waals surface area contributed by atoms with Crippen LogP contribution in [-0.4, -0.2) is 19.9 Å². The van der Waals surface area contributed by atoms with Crippen molar-refractivity contribution in [3.05, 3.63) is 229 Å². The molecule has 12 aromatic rings. The third-order valence-corrected chi connectivity index (χ3v) is 12.9. The fourth-order valence-corrected chi connectivity index (χ4v) is 10.00. The van der Waals surface area contributed by atoms with Crippen molar-refractivity contribution in [2.24, 2.45) is 0 Å². The van der Waals surface area contributed by atoms with E-state index in [1.54, 1.807) is 6.20 Å². The smallest absolute Gasteiger partial charge is 0.164 e. The predicted molar refractivity (Wildman–Crippen MR) is 260 cm³/mol. The second-order valence-corrected chi connectivity index (χ2v) is 16.5. The fraction of sp³-hybridized carbons (Fsp3) is 0.0169. The molecule has 5 nitrogen and oxygen atoms in total. The summed E-state index contributed by atoms with van der Waals surface area (Å²) in [7, 11) is 0. The number of benzene rings is 9. The minimum absolute atomic E-state index is 0.0747. The van der Waals surface area contributed by atoms with Gasteiger partial charge < -0.3 is 4.42 Å². The Morgan fingerprint density at radius 1 is 0.359 bits per heavy atom. The number of rotatable bonds is 6. The van der Waals surface area contributed by atoms with Crippen LogP contribution in [0.1, 0.15) is 22.6 Å². The topological polar surface area (TPSA) is 64.7 Å². The standard InChI is InChI=1S/C59H36N4O/c1-2-14-38(15-3-1)49-34-50-43-18-7-9-20-45(43)55(56(50)44-19-8-6-17-42(44)49)46-21-10-11-22-47(46)58-61-57(39-28-25-37(26-29-39)41-30-27-36-13-4-5-16-40(36)33-41)62-59(63-58)48-23-12-24-53-54(48)51-35-60-32-31-52(51)64-53/h1-35,55H. The highest BCUT2D eigenvalue weighted by molar-refractivity contribution is 6.11. The molecule has 9 aromatic carbocycles. The van der Waals surface area contributed by atoms with Crippen LogP contribution in [0.3, 0.4) is 0 Å². The maximum atomic E-state index is 6.34. The molecule has 0 fully saturated rings. The highest BCUT2D eigenvalue weighted by atomic mass is 16.3. The van der Waals surface area contributed by atoms with Crippen molar-refractivity contribution in [3.63, 3.8) is 0 Å². The number of nitrogens with zero attached hydrogens (tertiary/aromatic N) is 4. The van der Waals surface area contributed by atoms with Gasteiger partial charge in [0.05, 0.1) is 0 Å². The Morgan fingerprint density at radius 2 is 1.00 bits per heavy atom. The monoisotopic (exact) mass is 816 g/mol. The molecule has 1 aliphatic rings. The third-order valence-electron chi connectivity index (χ3n) is 12.9. The summed E-state index contributed by atoms with van der Waals surface area (Å²) in [6.07, 6.45) is 3.62. The predicted octanol–water partition coefficient (Wildman–Crippen LogP) is 15.0. The van der Waals surface area contributed by atoms with E-state index >= 15 is 0 Å². The third kappa shape index (κ3) is 5.79. The van der Waals surface area contributed by atoms with E-state index in [4.69, 9.17) is 19.4 Å². The number of pyridine rings is 1. The molecule has 64 heavy (non-hydrogen) atoms. The quantitative estimate of drug-likeness (QED) is 0.167. The van der Waals surface area contributed by atoms with Gasteiger partial charge in [0.25, 0.3) is 0 Å². The lowest BCUT2D eigenvalue weighted by Gasteiger charge is -2.21. The van der Waals surface area contributed by atoms with Crippen molar-refractivity contribution in [2.75, 3.05) is 0 Å². The molecule has 5 heteroatoms. The lowest BCUT2D eigenvalue weighted by molar-refractivity contribution is 0.668. The summed E-state index contributed by atoms with van der Waals surface area (Å²) in [5.74, 6) is 1.69. The van der Waals surface area contributed by atoms with Crippen LogP contribution in [0.5, 0.6) is 0 Å². The Hall–Kier alpha value is -8.54. The van der Waals surface area contributed by atoms with E-state index in [-0.39, 0.29) is 5.92 Å². The minimum atomic E-state index is -0.0747. The van der Waals surface area contributed by atoms with E-state index in [1.807, 2.05) is 24.4 Å². The minimum Gasteiger partial charge on any atom is -0.456 e. The zero-order chi connectivity index (χ0) is 42.1. The van der Waals surface area contributed by atoms with Gasteiger partial charge in [-0.1, -0.05) is 176 Å². The molecular formula is C59H36N4O. The molecule has 0 spiro atoms. The van der Waals surface area contributed by atoms with Gasteiger partial charge in [-0.25, -0.2) is 15.0 Å². The lowest BCUT2D eigenvalue weighted by atomic mass is 9.83. The molecule has 0 saturated heterocycles. The van der Waals surface area contributed by atoms with Crippen molar-refractivity contribution in [1.29, 1.82) is 0 Å². The van der Waals surface area contributed by atoms with Crippen LogP contribution in [0.25, 0.3) is 111 Å². The number of hydrogen-bond acceptors (Lipinski definition) is 5. The Morgan fingerprint density at radius 3 is 1.84 bits per heavy atom. The number of hydrogen-bond donors (Lipinski definition) is 0. The van der Waals surface area contributed by atoms with Crippen LogP contribution in [0.4, 0.5) is 0 Å². The van der Waals surface area contributed by atoms with Crippen molar-refractivity contribution in [3.8, 4) is 67.5 Å². The normalized spacial score (nSPS) is 13.2. The van der Waals surface area contributed by atoms with E-state index in [0.29, 0.717) is 17.5 Å². The molecule has 0 aliphatic heterocycles. The number of aromatic nitrogens is 4. The summed E-state index contributed by atoms with van der Waals surface area (Å²) in [6.45, 7) is 0. The van der Waals surface area contributed by atoms with E-state index in [2.05, 4.69) is 187 Å². The van der Waals surface area contributed by atoms with Crippen LogP contribution in [0.2, 0.25) is 0 Å². The first kappa shape index (κ1) is 36.1. The second-order valence-electron chi connectivity index (χ2n) is 16.5. The van der Waals surface area contributed by atoms with Crippen LogP contribution >= 0.6 is 0 Å². The highest BCUT2D eigenvalue weighted by Crippen LogP contribution is 2.54. The van der Waals surface area contributed by atoms with Gasteiger partial charge in [-0.05, 0) is 95.9 Å². The average molecular weight is 817 g/mol. The molecule has 0 amide bonds. The number of fused-ring (bicyclic) bond motifs is 9. The van der Waals surface area contributed by atoms with E-state index < -0.39 is 0 Å². The van der Waals surface area contributed by atoms with Gasteiger partial charge in [0, 0.05) is 45.8 Å². The van der Waals surface area contributed by atoms with Crippen molar-refractivity contribution in [2.45, 2.75) is 5.92 Å². The molecule has 3 aromatic heterocycles. The zero-order valence-corrected chi connectivity index (χ0v) is 34.5. The summed E-state index contributed by atoms with van der Waals surface area (Å²) in [6, 6.07) is 71.1. The molecule has 0 bridgehead atoms. The summed E-state index contributed by atoms with van der Waals surface area (Å²) < 4.78 is 6.34. The molecule has 0 N–H and O–H groups in total. The molecule has 1 aliphatic carbocycles. The van der Waals surface area contributed by atoms with Gasteiger partial charge >= 0.3 is 0 Å². The maximum absolute atomic E-state index is 6.34. The summed E-state index contributed by atoms with van der Waals surface area (Å²) in [4.78, 5) is 20.5. The van der Waals surface area contributed by atoms with Crippen LogP contribution in [-0.2, 0) is 0 Å². The Balaban J connectivity index is 1.02. The van der Waals surface area contributed by atoms with E-state index in [9.17, 15) is 0 Å². The lowest BCUT2D eigenvalue weighted by Crippen LogP contribution is -2.06. The first-order chi connectivity index (χ1) is 31.7. The molecule has 1 unspecified atom stereocenters. The fourth-order valence-electron chi connectivity index (χ4n) is 10.00. The SMILES string of the molecule is c1ccc(-c2cc3c(c4ccccc24)C(c2ccccc2-c2nc(-c4ccc(-c5ccc6ccccc6c5)cc4)nc(-c4cccc5oc6ccncc6c45)n2)c2ccccc2-3)cc1. The maximum Gasteiger partial charge on any atom is 0.164 e. The molecule has 0 saturated carbocycles. The van der Waals surface area contributed by atoms with Crippen LogP contribution in [0.15, 0.2) is 217 Å². The van der Waals surface area contributed by atoms with Crippen LogP contribution in [0, 0.1) is 0 Å². The van der Waals surface area contributed by atoms with Crippen molar-refractivity contribution in [1.82, 2.24) is 19.9 Å². The van der Waals surface area contributed by atoms with Crippen LogP contribution < -0.4 is 0 Å². The zero-order valence-electron chi connectivity index (χ0n) is 34.5. The van der Waals surface area contributed by atoms with Crippen molar-refractivity contribution >= 4 is 43.5 Å². The number of furan rings is 1. The largest absolute Gasteiger partial charge is 0.456 e. The van der Waals surface area contributed by atoms with Gasteiger partial charge in [-0.3, -0.25) is 4.98 Å². The molecule has 1 atom stereocenters. The Kier molecular flexibility index (Phi) is 8.21. The summed E-state index contributed by atoms with van der Waals surface area (Å²) >= 11 is 0. The van der Waals surface area contributed by atoms with Gasteiger partial charge in [-0.15, -0.1) is 0 Å². The first-order valence-corrected chi connectivity index (χ1v) is 21.6. The first-order valence-electron chi connectivity index (χ1n) is 21.6. The molecule has 3 heterocycles. The van der Waals surface area contributed by atoms with Gasteiger partial charge in [-0.2, -0.15) is 0 Å².